The van der Waals surface area contributed by atoms with Crippen molar-refractivity contribution in [3.63, 3.8) is 0 Å². The molecule has 0 radical (unpaired) electrons. The van der Waals surface area contributed by atoms with Crippen molar-refractivity contribution in [3.05, 3.63) is 34.9 Å². The average Bonchev–Trinajstić information content (AvgIpc) is 2.20. The molecule has 0 fully saturated rings. The fraction of sp³-hybridized carbons (Fsp3) is 0.400. The Kier molecular flexibility index (Phi) is 4.73. The van der Waals surface area contributed by atoms with Gasteiger partial charge >= 0.3 is 0 Å². The lowest BCUT2D eigenvalue weighted by molar-refractivity contribution is 0.265. The summed E-state index contributed by atoms with van der Waals surface area (Å²) in [5.41, 5.74) is 0.655. The highest BCUT2D eigenvalue weighted by molar-refractivity contribution is 7.88. The van der Waals surface area contributed by atoms with Gasteiger partial charge in [0.1, 0.15) is 0 Å². The maximum atomic E-state index is 11.6. The molecule has 0 aliphatic heterocycles. The van der Waals surface area contributed by atoms with E-state index in [-0.39, 0.29) is 12.4 Å². The number of halogens is 1. The lowest BCUT2D eigenvalue weighted by Crippen LogP contribution is -2.35. The topological polar surface area (TPSA) is 66.4 Å². The molecule has 0 amide bonds. The summed E-state index contributed by atoms with van der Waals surface area (Å²) in [4.78, 5) is 0. The van der Waals surface area contributed by atoms with E-state index in [4.69, 9.17) is 16.7 Å². The van der Waals surface area contributed by atoms with Gasteiger partial charge in [-0.1, -0.05) is 23.7 Å². The van der Waals surface area contributed by atoms with Gasteiger partial charge in [-0.3, -0.25) is 0 Å². The third-order valence-electron chi connectivity index (χ3n) is 1.92. The van der Waals surface area contributed by atoms with Crippen molar-refractivity contribution in [1.29, 1.82) is 0 Å². The smallest absolute Gasteiger partial charge is 0.216 e. The third-order valence-corrected chi connectivity index (χ3v) is 3.65. The molecule has 0 heterocycles. The number of sulfonamides is 1. The molecule has 6 heteroatoms. The molecule has 1 rings (SSSR count). The molecule has 16 heavy (non-hydrogen) atoms. The molecular formula is C10H14ClNO3S. The standard InChI is InChI=1S/C10H14ClNO3S/c1-8(6-13)12-16(14,15)7-9-2-4-10(11)5-3-9/h2-5,8,12-13H,6-7H2,1H3/t8-/m0/s1. The number of rotatable bonds is 5. The van der Waals surface area contributed by atoms with Crippen molar-refractivity contribution >= 4 is 21.6 Å². The minimum absolute atomic E-state index is 0.117. The van der Waals surface area contributed by atoms with Crippen LogP contribution in [0, 0.1) is 0 Å². The summed E-state index contributed by atoms with van der Waals surface area (Å²) in [5, 5.41) is 9.32. The van der Waals surface area contributed by atoms with E-state index in [1.54, 1.807) is 31.2 Å². The molecule has 0 unspecified atom stereocenters. The van der Waals surface area contributed by atoms with Crippen LogP contribution in [-0.4, -0.2) is 26.2 Å². The predicted octanol–water partition coefficient (Wildman–Crippen LogP) is 1.14. The van der Waals surface area contributed by atoms with E-state index in [1.807, 2.05) is 0 Å². The molecule has 0 aliphatic rings. The van der Waals surface area contributed by atoms with Gasteiger partial charge in [-0.2, -0.15) is 0 Å². The van der Waals surface area contributed by atoms with Crippen LogP contribution in [-0.2, 0) is 15.8 Å². The van der Waals surface area contributed by atoms with Crippen molar-refractivity contribution in [2.75, 3.05) is 6.61 Å². The van der Waals surface area contributed by atoms with Gasteiger partial charge in [0.15, 0.2) is 0 Å². The van der Waals surface area contributed by atoms with Gasteiger partial charge < -0.3 is 5.11 Å². The molecule has 0 saturated heterocycles. The molecule has 1 atom stereocenters. The first-order chi connectivity index (χ1) is 7.43. The van der Waals surface area contributed by atoms with Gasteiger partial charge in [-0.15, -0.1) is 0 Å². The van der Waals surface area contributed by atoms with Crippen LogP contribution in [0.5, 0.6) is 0 Å². The van der Waals surface area contributed by atoms with Crippen molar-refractivity contribution in [3.8, 4) is 0 Å². The van der Waals surface area contributed by atoms with Crippen LogP contribution in [0.2, 0.25) is 5.02 Å². The van der Waals surface area contributed by atoms with E-state index in [0.29, 0.717) is 10.6 Å². The molecule has 1 aromatic rings. The summed E-state index contributed by atoms with van der Waals surface area (Å²) in [6.45, 7) is 1.37. The molecule has 4 nitrogen and oxygen atoms in total. The van der Waals surface area contributed by atoms with Crippen molar-refractivity contribution in [2.24, 2.45) is 0 Å². The Morgan fingerprint density at radius 3 is 2.44 bits per heavy atom. The molecule has 0 aromatic heterocycles. The quantitative estimate of drug-likeness (QED) is 0.837. The van der Waals surface area contributed by atoms with Crippen molar-refractivity contribution < 1.29 is 13.5 Å². The zero-order valence-corrected chi connectivity index (χ0v) is 10.4. The van der Waals surface area contributed by atoms with E-state index >= 15 is 0 Å². The van der Waals surface area contributed by atoms with Crippen LogP contribution >= 0.6 is 11.6 Å². The number of hydrogen-bond acceptors (Lipinski definition) is 3. The Balaban J connectivity index is 2.69. The molecule has 1 aromatic carbocycles. The first-order valence-electron chi connectivity index (χ1n) is 4.78. The van der Waals surface area contributed by atoms with Crippen LogP contribution in [0.1, 0.15) is 12.5 Å². The lowest BCUT2D eigenvalue weighted by atomic mass is 10.2. The zero-order valence-electron chi connectivity index (χ0n) is 8.85. The fourth-order valence-corrected chi connectivity index (χ4v) is 2.71. The maximum Gasteiger partial charge on any atom is 0.216 e. The SMILES string of the molecule is C[C@@H](CO)NS(=O)(=O)Cc1ccc(Cl)cc1. The minimum Gasteiger partial charge on any atom is -0.395 e. The fourth-order valence-electron chi connectivity index (χ4n) is 1.19. The van der Waals surface area contributed by atoms with Crippen molar-refractivity contribution in [2.45, 2.75) is 18.7 Å². The van der Waals surface area contributed by atoms with E-state index in [1.165, 1.54) is 0 Å². The van der Waals surface area contributed by atoms with E-state index < -0.39 is 16.1 Å². The largest absolute Gasteiger partial charge is 0.395 e. The molecule has 2 N–H and O–H groups in total. The Morgan fingerprint density at radius 1 is 1.38 bits per heavy atom. The number of benzene rings is 1. The van der Waals surface area contributed by atoms with Crippen LogP contribution in [0.25, 0.3) is 0 Å². The van der Waals surface area contributed by atoms with Gasteiger partial charge in [0.2, 0.25) is 10.0 Å². The summed E-state index contributed by atoms with van der Waals surface area (Å²) >= 11 is 5.69. The first kappa shape index (κ1) is 13.4. The van der Waals surface area contributed by atoms with Gasteiger partial charge in [-0.05, 0) is 24.6 Å². The van der Waals surface area contributed by atoms with Crippen molar-refractivity contribution in [1.82, 2.24) is 4.72 Å². The molecule has 0 saturated carbocycles. The highest BCUT2D eigenvalue weighted by Gasteiger charge is 2.14. The molecule has 0 bridgehead atoms. The summed E-state index contributed by atoms with van der Waals surface area (Å²) in [6.07, 6.45) is 0. The van der Waals surface area contributed by atoms with Crippen LogP contribution in [0.15, 0.2) is 24.3 Å². The van der Waals surface area contributed by atoms with E-state index in [0.717, 1.165) is 0 Å². The zero-order chi connectivity index (χ0) is 12.2. The van der Waals surface area contributed by atoms with Crippen LogP contribution in [0.4, 0.5) is 0 Å². The van der Waals surface area contributed by atoms with E-state index in [9.17, 15) is 8.42 Å². The Hall–Kier alpha value is -0.620. The summed E-state index contributed by atoms with van der Waals surface area (Å²) in [7, 11) is -3.41. The van der Waals surface area contributed by atoms with Gasteiger partial charge in [0.05, 0.1) is 12.4 Å². The molecular weight excluding hydrogens is 250 g/mol. The second kappa shape index (κ2) is 5.63. The normalized spacial score (nSPS) is 13.7. The minimum atomic E-state index is -3.41. The second-order valence-corrected chi connectivity index (χ2v) is 5.78. The molecule has 90 valence electrons. The summed E-state index contributed by atoms with van der Waals surface area (Å²) < 4.78 is 25.6. The van der Waals surface area contributed by atoms with Crippen LogP contribution in [0.3, 0.4) is 0 Å². The average molecular weight is 264 g/mol. The monoisotopic (exact) mass is 263 g/mol. The first-order valence-corrected chi connectivity index (χ1v) is 6.81. The number of nitrogens with one attached hydrogen (secondary N) is 1. The third kappa shape index (κ3) is 4.49. The Morgan fingerprint density at radius 2 is 1.94 bits per heavy atom. The van der Waals surface area contributed by atoms with Gasteiger partial charge in [0, 0.05) is 11.1 Å². The highest BCUT2D eigenvalue weighted by atomic mass is 35.5. The van der Waals surface area contributed by atoms with E-state index in [2.05, 4.69) is 4.72 Å². The highest BCUT2D eigenvalue weighted by Crippen LogP contribution is 2.11. The molecule has 0 spiro atoms. The van der Waals surface area contributed by atoms with Crippen LogP contribution < -0.4 is 4.72 Å². The number of aliphatic hydroxyl groups excluding tert-OH is 1. The van der Waals surface area contributed by atoms with Gasteiger partial charge in [0.25, 0.3) is 0 Å². The summed E-state index contributed by atoms with van der Waals surface area (Å²) in [6, 6.07) is 6.12. The maximum absolute atomic E-state index is 11.6. The summed E-state index contributed by atoms with van der Waals surface area (Å²) in [5.74, 6) is -0.117. The Bertz CT molecular complexity index is 430. The van der Waals surface area contributed by atoms with Gasteiger partial charge in [-0.25, -0.2) is 13.1 Å². The molecule has 0 aliphatic carbocycles. The lowest BCUT2D eigenvalue weighted by Gasteiger charge is -2.11. The predicted molar refractivity (Wildman–Crippen MR) is 63.8 cm³/mol. The second-order valence-electron chi connectivity index (χ2n) is 3.59. The number of hydrogen-bond donors (Lipinski definition) is 2. The number of aliphatic hydroxyl groups is 1. The Labute approximate surface area is 100 Å².